The maximum Gasteiger partial charge on any atom is 0.324 e. The van der Waals surface area contributed by atoms with Gasteiger partial charge in [-0.25, -0.2) is 4.57 Å². The van der Waals surface area contributed by atoms with Gasteiger partial charge in [-0.2, -0.15) is 0 Å². The van der Waals surface area contributed by atoms with Crippen LogP contribution in [0.2, 0.25) is 10.6 Å². The Balaban J connectivity index is 0. The summed E-state index contributed by atoms with van der Waals surface area (Å²) in [5, 5.41) is 3.08. The van der Waals surface area contributed by atoms with E-state index in [1.54, 1.807) is 5.28 Å². The van der Waals surface area contributed by atoms with E-state index in [4.69, 9.17) is 9.46 Å². The van der Waals surface area contributed by atoms with Crippen molar-refractivity contribution >= 4 is 23.9 Å². The van der Waals surface area contributed by atoms with Crippen LogP contribution in [0, 0.1) is 0 Å². The van der Waals surface area contributed by atoms with Gasteiger partial charge in [-0.05, 0) is 0 Å². The van der Waals surface area contributed by atoms with Crippen molar-refractivity contribution in [3.8, 4) is 0 Å². The van der Waals surface area contributed by atoms with Crippen LogP contribution in [0.25, 0.3) is 0 Å². The third kappa shape index (κ3) is 23.5. The Morgan fingerprint density at radius 2 is 2.00 bits per heavy atom. The third-order valence-electron chi connectivity index (χ3n) is 1.21. The van der Waals surface area contributed by atoms with E-state index in [2.05, 4.69) is 13.8 Å². The van der Waals surface area contributed by atoms with E-state index in [9.17, 15) is 0 Å². The van der Waals surface area contributed by atoms with Gasteiger partial charge in [0.15, 0.2) is 0 Å². The van der Waals surface area contributed by atoms with Crippen LogP contribution in [0.5, 0.6) is 0 Å². The second-order valence-electron chi connectivity index (χ2n) is 2.14. The van der Waals surface area contributed by atoms with Crippen molar-refractivity contribution in [3.63, 3.8) is 0 Å². The first-order chi connectivity index (χ1) is 4.83. The molecule has 0 heterocycles. The van der Waals surface area contributed by atoms with Crippen LogP contribution in [0.15, 0.2) is 0 Å². The molecule has 0 bridgehead atoms. The fourth-order valence-electron chi connectivity index (χ4n) is 0.677. The van der Waals surface area contributed by atoms with Gasteiger partial charge >= 0.3 is 8.69 Å². The zero-order chi connectivity index (χ0) is 8.24. The molecular formula is C6H16AlO2P. The van der Waals surface area contributed by atoms with Gasteiger partial charge in [-0.3, -0.25) is 0 Å². The fourth-order valence-corrected chi connectivity index (χ4v) is 2.03. The molecule has 0 atom stereocenters. The number of rotatable bonds is 4. The number of hydrogen-bond acceptors (Lipinski definition) is 1. The summed E-state index contributed by atoms with van der Waals surface area (Å²) in [6.45, 7) is 4.58. The van der Waals surface area contributed by atoms with Crippen molar-refractivity contribution in [2.24, 2.45) is 0 Å². The first-order valence-electron chi connectivity index (χ1n) is 3.80. The van der Waals surface area contributed by atoms with Crippen LogP contribution in [0.3, 0.4) is 0 Å². The van der Waals surface area contributed by atoms with Crippen molar-refractivity contribution < 1.29 is 9.46 Å². The molecule has 0 aliphatic heterocycles. The molecule has 0 saturated carbocycles. The molecule has 0 aliphatic carbocycles. The molecule has 0 aromatic carbocycles. The zero-order valence-corrected chi connectivity index (χ0v) is 9.15. The molecule has 4 heteroatoms. The predicted molar refractivity (Wildman–Crippen MR) is 47.2 cm³/mol. The zero-order valence-electron chi connectivity index (χ0n) is 6.84. The smallest absolute Gasteiger partial charge is 0.310 e. The van der Waals surface area contributed by atoms with Gasteiger partial charge in [0, 0.05) is 0 Å². The Labute approximate surface area is 71.0 Å². The lowest BCUT2D eigenvalue weighted by molar-refractivity contribution is 0.524. The predicted octanol–water partition coefficient (Wildman–Crippen LogP) is 2.26. The summed E-state index contributed by atoms with van der Waals surface area (Å²) in [6.07, 6.45) is 2.88. The van der Waals surface area contributed by atoms with Crippen LogP contribution >= 0.6 is 8.69 Å². The molecule has 0 fully saturated rings. The van der Waals surface area contributed by atoms with E-state index in [1.165, 1.54) is 18.1 Å². The minimum absolute atomic E-state index is 0.411. The van der Waals surface area contributed by atoms with E-state index in [1.807, 2.05) is 0 Å². The molecule has 10 heavy (non-hydrogen) atoms. The highest BCUT2D eigenvalue weighted by Crippen LogP contribution is 1.94. The van der Waals surface area contributed by atoms with Crippen LogP contribution in [0.4, 0.5) is 0 Å². The Morgan fingerprint density at radius 1 is 1.50 bits per heavy atom. The standard InChI is InChI=1S/C4H9.C2H5.Al.HO2P.H/c1-3-4-2;1-2;;1-3-2;/h1,3-4H2,2H3;1H2,2H3;;(H,1,2);. The summed E-state index contributed by atoms with van der Waals surface area (Å²) in [5.41, 5.74) is 0. The summed E-state index contributed by atoms with van der Waals surface area (Å²) in [6, 6.07) is 0. The Hall–Kier alpha value is 0.592. The molecule has 0 rings (SSSR count). The van der Waals surface area contributed by atoms with E-state index in [0.717, 1.165) is 0 Å². The monoisotopic (exact) mass is 178 g/mol. The highest BCUT2D eigenvalue weighted by Gasteiger charge is 1.85. The lowest BCUT2D eigenvalue weighted by Crippen LogP contribution is -1.82. The highest BCUT2D eigenvalue weighted by atomic mass is 31.1. The minimum Gasteiger partial charge on any atom is -0.310 e. The molecule has 0 aliphatic rings. The van der Waals surface area contributed by atoms with Crippen LogP contribution in [-0.2, 0) is 4.57 Å². The molecule has 60 valence electrons. The average molecular weight is 178 g/mol. The molecule has 0 radical (unpaired) electrons. The maximum absolute atomic E-state index is 8.46. The Morgan fingerprint density at radius 3 is 2.30 bits per heavy atom. The first-order valence-corrected chi connectivity index (χ1v) is 6.56. The molecule has 0 saturated heterocycles. The Kier molecular flexibility index (Phi) is 21.5. The molecule has 0 spiro atoms. The van der Waals surface area contributed by atoms with Crippen LogP contribution < -0.4 is 0 Å². The summed E-state index contributed by atoms with van der Waals surface area (Å²) >= 11 is 0.411. The normalized spacial score (nSPS) is 8.30. The lowest BCUT2D eigenvalue weighted by Gasteiger charge is -1.87. The largest absolute Gasteiger partial charge is 0.324 e. The van der Waals surface area contributed by atoms with Crippen LogP contribution in [-0.4, -0.2) is 20.1 Å². The quantitative estimate of drug-likeness (QED) is 0.407. The van der Waals surface area contributed by atoms with Crippen molar-refractivity contribution in [1.29, 1.82) is 0 Å². The summed E-state index contributed by atoms with van der Waals surface area (Å²) in [4.78, 5) is 6.99. The van der Waals surface area contributed by atoms with E-state index in [0.29, 0.717) is 15.2 Å². The van der Waals surface area contributed by atoms with Crippen molar-refractivity contribution in [2.75, 3.05) is 0 Å². The molecule has 0 unspecified atom stereocenters. The van der Waals surface area contributed by atoms with Gasteiger partial charge in [0.25, 0.3) is 0 Å². The topological polar surface area (TPSA) is 37.3 Å². The third-order valence-corrected chi connectivity index (χ3v) is 2.91. The van der Waals surface area contributed by atoms with E-state index in [-0.39, 0.29) is 0 Å². The van der Waals surface area contributed by atoms with Gasteiger partial charge in [0.05, 0.1) is 0 Å². The summed E-state index contributed by atoms with van der Waals surface area (Å²) < 4.78 is 8.46. The van der Waals surface area contributed by atoms with E-state index >= 15 is 0 Å². The number of unbranched alkanes of at least 4 members (excludes halogenated alkanes) is 1. The summed E-state index contributed by atoms with van der Waals surface area (Å²) in [7, 11) is -0.833. The maximum atomic E-state index is 8.46. The summed E-state index contributed by atoms with van der Waals surface area (Å²) in [5.74, 6) is 0. The van der Waals surface area contributed by atoms with Crippen LogP contribution in [0.1, 0.15) is 26.7 Å². The van der Waals surface area contributed by atoms with E-state index < -0.39 is 8.69 Å². The SMILES string of the molecule is CCC[CH2][AlH][CH2]C.O=PO. The van der Waals surface area contributed by atoms with Gasteiger partial charge in [0.1, 0.15) is 0 Å². The second-order valence-corrected chi connectivity index (χ2v) is 4.72. The molecule has 1 N–H and O–H groups in total. The van der Waals surface area contributed by atoms with Crippen molar-refractivity contribution in [3.05, 3.63) is 0 Å². The molecule has 0 aromatic heterocycles. The van der Waals surface area contributed by atoms with Gasteiger partial charge in [0.2, 0.25) is 15.2 Å². The van der Waals surface area contributed by atoms with Gasteiger partial charge in [-0.15, -0.1) is 5.28 Å². The molecular weight excluding hydrogens is 162 g/mol. The lowest BCUT2D eigenvalue weighted by atomic mass is 10.4. The number of hydrogen-bond donors (Lipinski definition) is 1. The second kappa shape index (κ2) is 16.3. The highest BCUT2D eigenvalue weighted by molar-refractivity contribution is 7.16. The fraction of sp³-hybridized carbons (Fsp3) is 1.00. The van der Waals surface area contributed by atoms with Crippen molar-refractivity contribution in [1.82, 2.24) is 0 Å². The molecule has 0 amide bonds. The Bertz CT molecular complexity index is 57.7. The average Bonchev–Trinajstić information content (AvgIpc) is 1.91. The first kappa shape index (κ1) is 13.2. The molecule has 0 aromatic rings. The van der Waals surface area contributed by atoms with Crippen molar-refractivity contribution in [2.45, 2.75) is 37.3 Å². The van der Waals surface area contributed by atoms with Gasteiger partial charge < -0.3 is 4.89 Å². The molecule has 2 nitrogen and oxygen atoms in total. The minimum atomic E-state index is -0.833. The van der Waals surface area contributed by atoms with Gasteiger partial charge in [-0.1, -0.05) is 32.0 Å².